The van der Waals surface area contributed by atoms with E-state index in [2.05, 4.69) is 11.4 Å². The van der Waals surface area contributed by atoms with Crippen molar-refractivity contribution in [2.75, 3.05) is 18.9 Å². The highest BCUT2D eigenvalue weighted by molar-refractivity contribution is 5.87. The number of anilines is 1. The highest BCUT2D eigenvalue weighted by atomic mass is 16.3. The van der Waals surface area contributed by atoms with Crippen molar-refractivity contribution in [3.8, 4) is 0 Å². The van der Waals surface area contributed by atoms with Gasteiger partial charge >= 0.3 is 0 Å². The second-order valence-electron chi connectivity index (χ2n) is 5.77. The van der Waals surface area contributed by atoms with Gasteiger partial charge in [-0.1, -0.05) is 18.2 Å². The summed E-state index contributed by atoms with van der Waals surface area (Å²) >= 11 is 0. The van der Waals surface area contributed by atoms with E-state index >= 15 is 0 Å². The van der Waals surface area contributed by atoms with Crippen LogP contribution in [0.2, 0.25) is 0 Å². The van der Waals surface area contributed by atoms with Crippen LogP contribution in [0.25, 0.3) is 0 Å². The maximum atomic E-state index is 12.4. The lowest BCUT2D eigenvalue weighted by Gasteiger charge is -2.35. The third-order valence-electron chi connectivity index (χ3n) is 4.19. The molecule has 1 aromatic carbocycles. The van der Waals surface area contributed by atoms with Gasteiger partial charge in [-0.15, -0.1) is 0 Å². The molecule has 4 nitrogen and oxygen atoms in total. The quantitative estimate of drug-likeness (QED) is 0.860. The Bertz CT molecular complexity index is 458. The Balaban J connectivity index is 1.57. The van der Waals surface area contributed by atoms with Crippen LogP contribution in [0.3, 0.4) is 0 Å². The second-order valence-corrected chi connectivity index (χ2v) is 5.77. The number of rotatable bonds is 3. The number of nitrogens with zero attached hydrogens (tertiary/aromatic N) is 1. The molecule has 1 heterocycles. The number of fused-ring (bicyclic) bond motifs is 1. The SMILES string of the molecule is CN(CC1CC(O)C1)C(=O)[C@@H]1Cc2ccccc2N1. The molecule has 19 heavy (non-hydrogen) atoms. The molecule has 3 rings (SSSR count). The predicted molar refractivity (Wildman–Crippen MR) is 73.9 cm³/mol. The third-order valence-corrected chi connectivity index (χ3v) is 4.19. The van der Waals surface area contributed by atoms with Crippen LogP contribution in [0.15, 0.2) is 24.3 Å². The van der Waals surface area contributed by atoms with Gasteiger partial charge in [0.25, 0.3) is 0 Å². The fourth-order valence-corrected chi connectivity index (χ4v) is 3.04. The first-order valence-electron chi connectivity index (χ1n) is 6.91. The van der Waals surface area contributed by atoms with E-state index in [0.29, 0.717) is 5.92 Å². The number of amides is 1. The number of carbonyl (C=O) groups is 1. The van der Waals surface area contributed by atoms with E-state index < -0.39 is 0 Å². The van der Waals surface area contributed by atoms with Gasteiger partial charge in [-0.05, 0) is 30.4 Å². The van der Waals surface area contributed by atoms with Crippen molar-refractivity contribution in [1.82, 2.24) is 4.90 Å². The Hall–Kier alpha value is -1.55. The summed E-state index contributed by atoms with van der Waals surface area (Å²) in [6.45, 7) is 0.754. The number of aliphatic hydroxyl groups excluding tert-OH is 1. The summed E-state index contributed by atoms with van der Waals surface area (Å²) in [6.07, 6.45) is 2.28. The van der Waals surface area contributed by atoms with Crippen molar-refractivity contribution < 1.29 is 9.90 Å². The van der Waals surface area contributed by atoms with E-state index in [1.54, 1.807) is 4.90 Å². The minimum atomic E-state index is -0.151. The summed E-state index contributed by atoms with van der Waals surface area (Å²) in [5.74, 6) is 0.616. The molecule has 1 fully saturated rings. The van der Waals surface area contributed by atoms with Gasteiger partial charge in [0.15, 0.2) is 0 Å². The molecule has 2 aliphatic rings. The van der Waals surface area contributed by atoms with Gasteiger partial charge in [-0.3, -0.25) is 4.79 Å². The van der Waals surface area contributed by atoms with E-state index in [0.717, 1.165) is 31.5 Å². The number of nitrogens with one attached hydrogen (secondary N) is 1. The number of benzene rings is 1. The van der Waals surface area contributed by atoms with Gasteiger partial charge in [-0.25, -0.2) is 0 Å². The monoisotopic (exact) mass is 260 g/mol. The Morgan fingerprint density at radius 1 is 1.42 bits per heavy atom. The van der Waals surface area contributed by atoms with Crippen LogP contribution in [-0.2, 0) is 11.2 Å². The minimum absolute atomic E-state index is 0.132. The van der Waals surface area contributed by atoms with E-state index in [4.69, 9.17) is 0 Å². The fraction of sp³-hybridized carbons (Fsp3) is 0.533. The van der Waals surface area contributed by atoms with Crippen LogP contribution in [-0.4, -0.2) is 41.7 Å². The van der Waals surface area contributed by atoms with Gasteiger partial charge in [0.05, 0.1) is 6.10 Å². The van der Waals surface area contributed by atoms with Gasteiger partial charge in [0.2, 0.25) is 5.91 Å². The van der Waals surface area contributed by atoms with E-state index in [9.17, 15) is 9.90 Å². The van der Waals surface area contributed by atoms with Crippen molar-refractivity contribution in [2.45, 2.75) is 31.4 Å². The van der Waals surface area contributed by atoms with Crippen LogP contribution in [0.5, 0.6) is 0 Å². The van der Waals surface area contributed by atoms with Crippen molar-refractivity contribution >= 4 is 11.6 Å². The molecule has 1 amide bonds. The first kappa shape index (κ1) is 12.5. The fourth-order valence-electron chi connectivity index (χ4n) is 3.04. The lowest BCUT2D eigenvalue weighted by Crippen LogP contribution is -2.45. The molecule has 2 N–H and O–H groups in total. The van der Waals surface area contributed by atoms with Crippen molar-refractivity contribution in [3.05, 3.63) is 29.8 Å². The normalized spacial score (nSPS) is 28.2. The topological polar surface area (TPSA) is 52.6 Å². The Morgan fingerprint density at radius 3 is 2.84 bits per heavy atom. The van der Waals surface area contributed by atoms with Gasteiger partial charge in [-0.2, -0.15) is 0 Å². The zero-order chi connectivity index (χ0) is 13.4. The summed E-state index contributed by atoms with van der Waals surface area (Å²) < 4.78 is 0. The molecular weight excluding hydrogens is 240 g/mol. The zero-order valence-electron chi connectivity index (χ0n) is 11.2. The zero-order valence-corrected chi connectivity index (χ0v) is 11.2. The molecule has 0 saturated heterocycles. The highest BCUT2D eigenvalue weighted by Crippen LogP contribution is 2.29. The molecule has 102 valence electrons. The summed E-state index contributed by atoms with van der Waals surface area (Å²) in [5, 5.41) is 12.6. The van der Waals surface area contributed by atoms with Gasteiger partial charge in [0, 0.05) is 25.7 Å². The standard InChI is InChI=1S/C15H20N2O2/c1-17(9-10-6-12(18)7-10)15(19)14-8-11-4-2-3-5-13(11)16-14/h2-5,10,12,14,16,18H,6-9H2,1H3/t10?,12?,14-/m0/s1. The number of hydrogen-bond donors (Lipinski definition) is 2. The van der Waals surface area contributed by atoms with Crippen LogP contribution in [0, 0.1) is 5.92 Å². The molecule has 1 aliphatic carbocycles. The predicted octanol–water partition coefficient (Wildman–Crippen LogP) is 1.25. The first-order valence-corrected chi connectivity index (χ1v) is 6.91. The maximum absolute atomic E-state index is 12.4. The number of hydrogen-bond acceptors (Lipinski definition) is 3. The average Bonchev–Trinajstić information content (AvgIpc) is 2.79. The molecule has 1 aromatic rings. The smallest absolute Gasteiger partial charge is 0.245 e. The minimum Gasteiger partial charge on any atom is -0.393 e. The van der Waals surface area contributed by atoms with Crippen LogP contribution < -0.4 is 5.32 Å². The van der Waals surface area contributed by atoms with Gasteiger partial charge in [0.1, 0.15) is 6.04 Å². The number of aliphatic hydroxyl groups is 1. The lowest BCUT2D eigenvalue weighted by molar-refractivity contribution is -0.132. The molecule has 1 atom stereocenters. The van der Waals surface area contributed by atoms with E-state index in [-0.39, 0.29) is 18.1 Å². The third kappa shape index (κ3) is 2.45. The molecule has 0 radical (unpaired) electrons. The summed E-state index contributed by atoms with van der Waals surface area (Å²) in [4.78, 5) is 14.2. The summed E-state index contributed by atoms with van der Waals surface area (Å²) in [6, 6.07) is 7.95. The molecular formula is C15H20N2O2. The second kappa shape index (κ2) is 4.85. The van der Waals surface area contributed by atoms with Crippen molar-refractivity contribution in [1.29, 1.82) is 0 Å². The van der Waals surface area contributed by atoms with E-state index in [1.807, 2.05) is 25.2 Å². The molecule has 1 aliphatic heterocycles. The van der Waals surface area contributed by atoms with Crippen LogP contribution >= 0.6 is 0 Å². The number of carbonyl (C=O) groups excluding carboxylic acids is 1. The molecule has 0 bridgehead atoms. The molecule has 0 aromatic heterocycles. The van der Waals surface area contributed by atoms with Crippen LogP contribution in [0.4, 0.5) is 5.69 Å². The van der Waals surface area contributed by atoms with Crippen LogP contribution in [0.1, 0.15) is 18.4 Å². The Labute approximate surface area is 113 Å². The summed E-state index contributed by atoms with van der Waals surface area (Å²) in [5.41, 5.74) is 2.29. The Kier molecular flexibility index (Phi) is 3.19. The van der Waals surface area contributed by atoms with Gasteiger partial charge < -0.3 is 15.3 Å². The van der Waals surface area contributed by atoms with Crippen molar-refractivity contribution in [3.63, 3.8) is 0 Å². The highest BCUT2D eigenvalue weighted by Gasteiger charge is 2.32. The summed E-state index contributed by atoms with van der Waals surface area (Å²) in [7, 11) is 1.86. The molecule has 1 saturated carbocycles. The lowest BCUT2D eigenvalue weighted by atomic mass is 9.82. The van der Waals surface area contributed by atoms with E-state index in [1.165, 1.54) is 5.56 Å². The first-order chi connectivity index (χ1) is 9.13. The Morgan fingerprint density at radius 2 is 2.16 bits per heavy atom. The number of likely N-dealkylation sites (N-methyl/N-ethyl adjacent to an activating group) is 1. The number of para-hydroxylation sites is 1. The average molecular weight is 260 g/mol. The van der Waals surface area contributed by atoms with Crippen molar-refractivity contribution in [2.24, 2.45) is 5.92 Å². The molecule has 0 spiro atoms. The largest absolute Gasteiger partial charge is 0.393 e. The molecule has 4 heteroatoms. The maximum Gasteiger partial charge on any atom is 0.245 e. The molecule has 0 unspecified atom stereocenters.